The van der Waals surface area contributed by atoms with Crippen molar-refractivity contribution in [3.63, 3.8) is 0 Å². The number of fused-ring (bicyclic) bond motifs is 2. The molecule has 0 spiro atoms. The average molecular weight is 558 g/mol. The number of pyridine rings is 2. The van der Waals surface area contributed by atoms with Crippen LogP contribution in [0.15, 0.2) is 76.5 Å². The van der Waals surface area contributed by atoms with Crippen molar-refractivity contribution < 1.29 is 18.7 Å². The highest BCUT2D eigenvalue weighted by atomic mass is 16.5. The fraction of sp³-hybridized carbons (Fsp3) is 0.355. The molecule has 3 aromatic heterocycles. The summed E-state index contributed by atoms with van der Waals surface area (Å²) in [6, 6.07) is 13.1. The number of ether oxygens (including phenoxy) is 1. The van der Waals surface area contributed by atoms with Crippen molar-refractivity contribution in [1.82, 2.24) is 14.5 Å². The van der Waals surface area contributed by atoms with E-state index in [4.69, 9.17) is 9.15 Å². The maximum absolute atomic E-state index is 13.0. The molecule has 4 heterocycles. The standard InChI is InChI=1S/C31H35N5O5/c1-31(2)29(38)33(3)25-7-6-24(20-26(25)34(4)30(31)39)40-18-5-14-35(21-22-8-12-32-13-9-22)16-17-36-15-10-23-11-19-41-27(23)28(36)37/h6-13,15,19-20H,5,14,16-18,21H2,1-4H3. The van der Waals surface area contributed by atoms with E-state index in [1.54, 1.807) is 57.2 Å². The van der Waals surface area contributed by atoms with Crippen LogP contribution in [0.4, 0.5) is 11.4 Å². The lowest BCUT2D eigenvalue weighted by molar-refractivity contribution is -0.137. The fourth-order valence-corrected chi connectivity index (χ4v) is 5.21. The van der Waals surface area contributed by atoms with Gasteiger partial charge in [-0.3, -0.25) is 24.3 Å². The van der Waals surface area contributed by atoms with Crippen molar-refractivity contribution in [1.29, 1.82) is 0 Å². The van der Waals surface area contributed by atoms with E-state index in [2.05, 4.69) is 9.88 Å². The van der Waals surface area contributed by atoms with E-state index in [0.29, 0.717) is 48.9 Å². The molecule has 1 aliphatic rings. The van der Waals surface area contributed by atoms with Crippen LogP contribution in [-0.2, 0) is 22.7 Å². The minimum absolute atomic E-state index is 0.137. The number of nitrogens with zero attached hydrogens (tertiary/aromatic N) is 5. The zero-order valence-corrected chi connectivity index (χ0v) is 23.9. The molecule has 0 fully saturated rings. The van der Waals surface area contributed by atoms with Gasteiger partial charge >= 0.3 is 0 Å². The highest BCUT2D eigenvalue weighted by molar-refractivity contribution is 6.19. The van der Waals surface area contributed by atoms with Gasteiger partial charge in [0, 0.05) is 70.3 Å². The van der Waals surface area contributed by atoms with E-state index < -0.39 is 5.41 Å². The van der Waals surface area contributed by atoms with E-state index in [0.717, 1.165) is 23.9 Å². The van der Waals surface area contributed by atoms with Crippen molar-refractivity contribution in [2.75, 3.05) is 43.6 Å². The Morgan fingerprint density at radius 3 is 2.41 bits per heavy atom. The van der Waals surface area contributed by atoms with Crippen LogP contribution < -0.4 is 20.1 Å². The van der Waals surface area contributed by atoms with Gasteiger partial charge in [0.1, 0.15) is 11.2 Å². The third-order valence-corrected chi connectivity index (χ3v) is 7.63. The highest BCUT2D eigenvalue weighted by Gasteiger charge is 2.44. The van der Waals surface area contributed by atoms with Gasteiger partial charge in [-0.05, 0) is 62.2 Å². The predicted molar refractivity (Wildman–Crippen MR) is 157 cm³/mol. The average Bonchev–Trinajstić information content (AvgIpc) is 3.46. The Hall–Kier alpha value is -4.44. The number of aromatic nitrogens is 2. The van der Waals surface area contributed by atoms with E-state index >= 15 is 0 Å². The fourth-order valence-electron chi connectivity index (χ4n) is 5.21. The normalized spacial score (nSPS) is 15.0. The molecular formula is C31H35N5O5. The minimum Gasteiger partial charge on any atom is -0.493 e. The third kappa shape index (κ3) is 5.74. The van der Waals surface area contributed by atoms with Gasteiger partial charge in [0.15, 0.2) is 5.58 Å². The van der Waals surface area contributed by atoms with Gasteiger partial charge in [0.05, 0.1) is 24.2 Å². The van der Waals surface area contributed by atoms with Crippen LogP contribution in [0.2, 0.25) is 0 Å². The van der Waals surface area contributed by atoms with Crippen LogP contribution in [0, 0.1) is 5.41 Å². The number of anilines is 2. The highest BCUT2D eigenvalue weighted by Crippen LogP contribution is 2.39. The Kier molecular flexibility index (Phi) is 7.94. The second-order valence-corrected chi connectivity index (χ2v) is 10.9. The van der Waals surface area contributed by atoms with Gasteiger partial charge in [0.25, 0.3) is 5.56 Å². The Morgan fingerprint density at radius 2 is 1.66 bits per heavy atom. The molecule has 0 saturated heterocycles. The first kappa shape index (κ1) is 28.1. The topological polar surface area (TPSA) is 101 Å². The summed E-state index contributed by atoms with van der Waals surface area (Å²) in [7, 11) is 3.37. The number of hydrogen-bond acceptors (Lipinski definition) is 7. The molecule has 0 atom stereocenters. The first-order valence-corrected chi connectivity index (χ1v) is 13.7. The first-order valence-electron chi connectivity index (χ1n) is 13.7. The molecule has 214 valence electrons. The number of benzene rings is 1. The smallest absolute Gasteiger partial charge is 0.294 e. The molecule has 0 aliphatic carbocycles. The van der Waals surface area contributed by atoms with E-state index in [1.807, 2.05) is 36.4 Å². The monoisotopic (exact) mass is 557 g/mol. The Bertz CT molecular complexity index is 1610. The molecule has 0 bridgehead atoms. The SMILES string of the molecule is CN1C(=O)C(C)(C)C(=O)N(C)c2cc(OCCCN(CCn3ccc4ccoc4c3=O)Cc3ccncc3)ccc21. The third-order valence-electron chi connectivity index (χ3n) is 7.63. The van der Waals surface area contributed by atoms with Gasteiger partial charge in [-0.2, -0.15) is 0 Å². The summed E-state index contributed by atoms with van der Waals surface area (Å²) in [4.78, 5) is 48.2. The zero-order valence-electron chi connectivity index (χ0n) is 23.9. The summed E-state index contributed by atoms with van der Waals surface area (Å²) in [5.41, 5.74) is 1.50. The molecule has 4 aromatic rings. The molecule has 1 aliphatic heterocycles. The summed E-state index contributed by atoms with van der Waals surface area (Å²) in [6.45, 7) is 6.40. The molecular weight excluding hydrogens is 522 g/mol. The molecule has 0 N–H and O–H groups in total. The molecule has 5 rings (SSSR count). The second-order valence-electron chi connectivity index (χ2n) is 10.9. The van der Waals surface area contributed by atoms with Crippen LogP contribution in [-0.4, -0.2) is 60.1 Å². The number of carbonyl (C=O) groups is 2. The Labute approximate surface area is 238 Å². The van der Waals surface area contributed by atoms with Crippen LogP contribution in [0.5, 0.6) is 5.75 Å². The number of amides is 2. The second kappa shape index (κ2) is 11.6. The van der Waals surface area contributed by atoms with Crippen LogP contribution in [0.3, 0.4) is 0 Å². The minimum atomic E-state index is -1.16. The number of rotatable bonds is 10. The lowest BCUT2D eigenvalue weighted by atomic mass is 9.90. The van der Waals surface area contributed by atoms with E-state index in [9.17, 15) is 14.4 Å². The maximum Gasteiger partial charge on any atom is 0.294 e. The van der Waals surface area contributed by atoms with Gasteiger partial charge in [-0.1, -0.05) is 0 Å². The Morgan fingerprint density at radius 1 is 0.927 bits per heavy atom. The molecule has 41 heavy (non-hydrogen) atoms. The van der Waals surface area contributed by atoms with Crippen LogP contribution in [0.25, 0.3) is 11.0 Å². The van der Waals surface area contributed by atoms with Crippen molar-refractivity contribution in [2.45, 2.75) is 33.4 Å². The molecule has 0 radical (unpaired) electrons. The number of furan rings is 1. The molecule has 1 aromatic carbocycles. The van der Waals surface area contributed by atoms with Gasteiger partial charge in [-0.15, -0.1) is 0 Å². The van der Waals surface area contributed by atoms with E-state index in [1.165, 1.54) is 16.1 Å². The van der Waals surface area contributed by atoms with Crippen molar-refractivity contribution in [2.24, 2.45) is 5.41 Å². The maximum atomic E-state index is 13.0. The van der Waals surface area contributed by atoms with Crippen LogP contribution in [0.1, 0.15) is 25.8 Å². The van der Waals surface area contributed by atoms with E-state index in [-0.39, 0.29) is 17.4 Å². The lowest BCUT2D eigenvalue weighted by Crippen LogP contribution is -2.46. The summed E-state index contributed by atoms with van der Waals surface area (Å²) in [5, 5.41) is 0.798. The zero-order chi connectivity index (χ0) is 29.1. The van der Waals surface area contributed by atoms with Crippen molar-refractivity contribution in [3.8, 4) is 5.75 Å². The summed E-state index contributed by atoms with van der Waals surface area (Å²) in [6.07, 6.45) is 7.63. The van der Waals surface area contributed by atoms with Gasteiger partial charge in [-0.25, -0.2) is 0 Å². The van der Waals surface area contributed by atoms with Gasteiger partial charge in [0.2, 0.25) is 11.8 Å². The molecule has 10 nitrogen and oxygen atoms in total. The first-order chi connectivity index (χ1) is 19.7. The molecule has 10 heteroatoms. The van der Waals surface area contributed by atoms with Crippen molar-refractivity contribution >= 4 is 34.2 Å². The Balaban J connectivity index is 1.24. The van der Waals surface area contributed by atoms with Crippen LogP contribution >= 0.6 is 0 Å². The summed E-state index contributed by atoms with van der Waals surface area (Å²) >= 11 is 0. The number of carbonyl (C=O) groups excluding carboxylic acids is 2. The largest absolute Gasteiger partial charge is 0.493 e. The molecule has 0 unspecified atom stereocenters. The number of hydrogen-bond donors (Lipinski definition) is 0. The lowest BCUT2D eigenvalue weighted by Gasteiger charge is -2.25. The summed E-state index contributed by atoms with van der Waals surface area (Å²) in [5.74, 6) is 0.118. The summed E-state index contributed by atoms with van der Waals surface area (Å²) < 4.78 is 13.1. The van der Waals surface area contributed by atoms with Gasteiger partial charge < -0.3 is 23.5 Å². The molecule has 2 amide bonds. The molecule has 0 saturated carbocycles. The quantitative estimate of drug-likeness (QED) is 0.215. The van der Waals surface area contributed by atoms with Crippen molar-refractivity contribution in [3.05, 3.63) is 83.2 Å². The predicted octanol–water partition coefficient (Wildman–Crippen LogP) is 3.93.